The predicted octanol–water partition coefficient (Wildman–Crippen LogP) is 2.49. The largest absolute Gasteiger partial charge is 0.312 e. The normalized spacial score (nSPS) is 38.2. The molecule has 0 aliphatic heterocycles. The van der Waals surface area contributed by atoms with E-state index < -0.39 is 0 Å². The average molecular weight is 224 g/mol. The van der Waals surface area contributed by atoms with Gasteiger partial charge >= 0.3 is 0 Å². The van der Waals surface area contributed by atoms with Crippen molar-refractivity contribution in [2.24, 2.45) is 11.8 Å². The van der Waals surface area contributed by atoms with Gasteiger partial charge in [-0.25, -0.2) is 0 Å². The van der Waals surface area contributed by atoms with Gasteiger partial charge in [0.2, 0.25) is 0 Å². The Kier molecular flexibility index (Phi) is 4.26. The minimum absolute atomic E-state index is 0.763. The Hall–Kier alpha value is -0.0800. The summed E-state index contributed by atoms with van der Waals surface area (Å²) in [4.78, 5) is 2.63. The Bertz CT molecular complexity index is 217. The predicted molar refractivity (Wildman–Crippen MR) is 69.6 cm³/mol. The molecule has 0 aromatic carbocycles. The van der Waals surface area contributed by atoms with Crippen molar-refractivity contribution >= 4 is 0 Å². The van der Waals surface area contributed by atoms with Gasteiger partial charge in [0.1, 0.15) is 0 Å². The monoisotopic (exact) mass is 224 g/mol. The first-order valence-corrected chi connectivity index (χ1v) is 7.16. The summed E-state index contributed by atoms with van der Waals surface area (Å²) < 4.78 is 0. The molecule has 4 atom stereocenters. The maximum absolute atomic E-state index is 3.73. The summed E-state index contributed by atoms with van der Waals surface area (Å²) in [7, 11) is 2.33. The van der Waals surface area contributed by atoms with Gasteiger partial charge in [-0.1, -0.05) is 20.3 Å². The second-order valence-corrected chi connectivity index (χ2v) is 5.97. The van der Waals surface area contributed by atoms with Crippen LogP contribution in [0.3, 0.4) is 0 Å². The van der Waals surface area contributed by atoms with Gasteiger partial charge in [-0.3, -0.25) is 0 Å². The Labute approximate surface area is 101 Å². The van der Waals surface area contributed by atoms with E-state index in [0.717, 1.165) is 23.9 Å². The lowest BCUT2D eigenvalue weighted by molar-refractivity contribution is 0.201. The fourth-order valence-corrected chi connectivity index (χ4v) is 3.19. The van der Waals surface area contributed by atoms with Gasteiger partial charge in [-0.15, -0.1) is 0 Å². The van der Waals surface area contributed by atoms with E-state index in [9.17, 15) is 0 Å². The number of hydrogen-bond donors (Lipinski definition) is 1. The molecule has 0 heterocycles. The summed E-state index contributed by atoms with van der Waals surface area (Å²) in [6.07, 6.45) is 6.92. The smallest absolute Gasteiger partial charge is 0.0246 e. The number of nitrogens with one attached hydrogen (secondary N) is 1. The van der Waals surface area contributed by atoms with E-state index >= 15 is 0 Å². The van der Waals surface area contributed by atoms with Crippen LogP contribution >= 0.6 is 0 Å². The Morgan fingerprint density at radius 2 is 2.06 bits per heavy atom. The molecule has 0 amide bonds. The molecule has 1 N–H and O–H groups in total. The van der Waals surface area contributed by atoms with Gasteiger partial charge in [-0.05, 0) is 51.1 Å². The zero-order valence-corrected chi connectivity index (χ0v) is 11.2. The van der Waals surface area contributed by atoms with Crippen LogP contribution in [0.2, 0.25) is 0 Å². The van der Waals surface area contributed by atoms with E-state index in [1.807, 2.05) is 0 Å². The van der Waals surface area contributed by atoms with Gasteiger partial charge in [0.15, 0.2) is 0 Å². The van der Waals surface area contributed by atoms with E-state index in [4.69, 9.17) is 0 Å². The molecule has 0 radical (unpaired) electrons. The molecule has 4 unspecified atom stereocenters. The first-order valence-electron chi connectivity index (χ1n) is 7.16. The van der Waals surface area contributed by atoms with Crippen LogP contribution in [-0.2, 0) is 0 Å². The molecular weight excluding hydrogens is 196 g/mol. The molecule has 2 aliphatic rings. The second kappa shape index (κ2) is 5.50. The molecule has 16 heavy (non-hydrogen) atoms. The third-order valence-electron chi connectivity index (χ3n) is 4.50. The highest BCUT2D eigenvalue weighted by atomic mass is 15.2. The Morgan fingerprint density at radius 3 is 2.69 bits per heavy atom. The van der Waals surface area contributed by atoms with Gasteiger partial charge in [-0.2, -0.15) is 0 Å². The van der Waals surface area contributed by atoms with Crippen LogP contribution in [0, 0.1) is 11.8 Å². The van der Waals surface area contributed by atoms with Crippen molar-refractivity contribution in [2.75, 3.05) is 20.1 Å². The zero-order chi connectivity index (χ0) is 11.5. The lowest BCUT2D eigenvalue weighted by atomic mass is 10.1. The second-order valence-electron chi connectivity index (χ2n) is 5.97. The van der Waals surface area contributed by atoms with E-state index in [0.29, 0.717) is 0 Å². The van der Waals surface area contributed by atoms with E-state index in [1.165, 1.54) is 45.2 Å². The number of hydrogen-bond acceptors (Lipinski definition) is 2. The topological polar surface area (TPSA) is 15.3 Å². The Morgan fingerprint density at radius 1 is 1.31 bits per heavy atom. The first-order chi connectivity index (χ1) is 7.72. The third-order valence-corrected chi connectivity index (χ3v) is 4.50. The molecule has 2 heteroatoms. The summed E-state index contributed by atoms with van der Waals surface area (Å²) in [5.74, 6) is 1.99. The fourth-order valence-electron chi connectivity index (χ4n) is 3.19. The van der Waals surface area contributed by atoms with Crippen LogP contribution in [0.1, 0.15) is 46.0 Å². The lowest BCUT2D eigenvalue weighted by Crippen LogP contribution is -2.46. The van der Waals surface area contributed by atoms with Crippen molar-refractivity contribution in [1.29, 1.82) is 0 Å². The van der Waals surface area contributed by atoms with Crippen LogP contribution in [0.15, 0.2) is 0 Å². The lowest BCUT2D eigenvalue weighted by Gasteiger charge is -2.30. The summed E-state index contributed by atoms with van der Waals surface area (Å²) >= 11 is 0. The van der Waals surface area contributed by atoms with Crippen LogP contribution in [0.5, 0.6) is 0 Å². The average Bonchev–Trinajstić information content (AvgIpc) is 2.81. The van der Waals surface area contributed by atoms with E-state index in [-0.39, 0.29) is 0 Å². The molecule has 94 valence electrons. The van der Waals surface area contributed by atoms with Gasteiger partial charge < -0.3 is 10.2 Å². The number of nitrogens with zero attached hydrogens (tertiary/aromatic N) is 1. The molecule has 2 rings (SSSR count). The maximum Gasteiger partial charge on any atom is 0.0246 e. The highest BCUT2D eigenvalue weighted by Crippen LogP contribution is 2.39. The highest BCUT2D eigenvalue weighted by Gasteiger charge is 2.37. The van der Waals surface area contributed by atoms with Gasteiger partial charge in [0.05, 0.1) is 0 Å². The molecule has 2 fully saturated rings. The SMILES string of the molecule is CCCNC1CCCC1N(C)CC1CC1C. The maximum atomic E-state index is 3.73. The molecule has 0 spiro atoms. The molecule has 2 aliphatic carbocycles. The first kappa shape index (κ1) is 12.4. The number of rotatable bonds is 6. The molecule has 0 bridgehead atoms. The summed E-state index contributed by atoms with van der Waals surface area (Å²) in [5.41, 5.74) is 0. The zero-order valence-electron chi connectivity index (χ0n) is 11.2. The molecule has 0 aromatic rings. The van der Waals surface area contributed by atoms with Crippen molar-refractivity contribution in [3.05, 3.63) is 0 Å². The van der Waals surface area contributed by atoms with E-state index in [2.05, 4.69) is 31.1 Å². The van der Waals surface area contributed by atoms with Crippen LogP contribution < -0.4 is 5.32 Å². The van der Waals surface area contributed by atoms with Gasteiger partial charge in [0, 0.05) is 18.6 Å². The molecule has 0 aromatic heterocycles. The van der Waals surface area contributed by atoms with Crippen LogP contribution in [-0.4, -0.2) is 37.1 Å². The van der Waals surface area contributed by atoms with Gasteiger partial charge in [0.25, 0.3) is 0 Å². The molecule has 2 saturated carbocycles. The van der Waals surface area contributed by atoms with Crippen molar-refractivity contribution < 1.29 is 0 Å². The summed E-state index contributed by atoms with van der Waals surface area (Å²) in [6, 6.07) is 1.57. The molecular formula is C14H28N2. The van der Waals surface area contributed by atoms with Crippen molar-refractivity contribution in [1.82, 2.24) is 10.2 Å². The van der Waals surface area contributed by atoms with Crippen molar-refractivity contribution in [3.8, 4) is 0 Å². The van der Waals surface area contributed by atoms with Crippen LogP contribution in [0.4, 0.5) is 0 Å². The quantitative estimate of drug-likeness (QED) is 0.746. The highest BCUT2D eigenvalue weighted by molar-refractivity contribution is 4.92. The van der Waals surface area contributed by atoms with Crippen LogP contribution in [0.25, 0.3) is 0 Å². The minimum atomic E-state index is 0.763. The van der Waals surface area contributed by atoms with E-state index in [1.54, 1.807) is 0 Å². The summed E-state index contributed by atoms with van der Waals surface area (Å²) in [5, 5.41) is 3.73. The standard InChI is InChI=1S/C14H28N2/c1-4-8-15-13-6-5-7-14(13)16(3)10-12-9-11(12)2/h11-15H,4-10H2,1-3H3. The minimum Gasteiger partial charge on any atom is -0.312 e. The van der Waals surface area contributed by atoms with Crippen molar-refractivity contribution in [2.45, 2.75) is 58.0 Å². The third kappa shape index (κ3) is 2.98. The number of likely N-dealkylation sites (N-methyl/N-ethyl adjacent to an activating group) is 1. The molecule has 2 nitrogen and oxygen atoms in total. The Balaban J connectivity index is 1.77. The molecule has 0 saturated heterocycles. The summed E-state index contributed by atoms with van der Waals surface area (Å²) in [6.45, 7) is 7.16. The van der Waals surface area contributed by atoms with Crippen molar-refractivity contribution in [3.63, 3.8) is 0 Å². The fraction of sp³-hybridized carbons (Fsp3) is 1.00.